The molecule has 99 heavy (non-hydrogen) atoms. The maximum atomic E-state index is 14.8. The van der Waals surface area contributed by atoms with Crippen LogP contribution in [0.3, 0.4) is 0 Å². The van der Waals surface area contributed by atoms with E-state index >= 15 is 0 Å². The van der Waals surface area contributed by atoms with Gasteiger partial charge < -0.3 is 19.4 Å². The van der Waals surface area contributed by atoms with Crippen molar-refractivity contribution in [1.29, 1.82) is 0 Å². The van der Waals surface area contributed by atoms with E-state index in [1.165, 1.54) is 48.9 Å². The van der Waals surface area contributed by atoms with Crippen LogP contribution in [0.25, 0.3) is 33.9 Å². The summed E-state index contributed by atoms with van der Waals surface area (Å²) in [6, 6.07) is 28.6. The van der Waals surface area contributed by atoms with Gasteiger partial charge in [0.15, 0.2) is 17.2 Å². The Balaban J connectivity index is 0.000000133. The highest BCUT2D eigenvalue weighted by molar-refractivity contribution is 6.03. The topological polar surface area (TPSA) is 186 Å². The fourth-order valence-corrected chi connectivity index (χ4v) is 15.1. The number of hydrogen-bond acceptors (Lipinski definition) is 13. The Morgan fingerprint density at radius 2 is 0.899 bits per heavy atom. The summed E-state index contributed by atoms with van der Waals surface area (Å²) < 4.78 is 150. The lowest BCUT2D eigenvalue weighted by molar-refractivity contribution is -0.142. The number of nitrogens with zero attached hydrogens (tertiary/aromatic N) is 12. The van der Waals surface area contributed by atoms with Gasteiger partial charge in [0.2, 0.25) is 5.88 Å². The van der Waals surface area contributed by atoms with E-state index in [0.717, 1.165) is 92.6 Å². The number of rotatable bonds is 12. The summed E-state index contributed by atoms with van der Waals surface area (Å²) in [5, 5.41) is 0. The average molecular weight is 1370 g/mol. The van der Waals surface area contributed by atoms with Crippen molar-refractivity contribution in [3.63, 3.8) is 0 Å². The van der Waals surface area contributed by atoms with Crippen molar-refractivity contribution in [2.24, 2.45) is 11.8 Å². The van der Waals surface area contributed by atoms with E-state index in [-0.39, 0.29) is 99.8 Å². The molecular weight excluding hydrogens is 1310 g/mol. The van der Waals surface area contributed by atoms with Crippen molar-refractivity contribution in [3.8, 4) is 39.8 Å². The zero-order valence-electron chi connectivity index (χ0n) is 52.7. The highest BCUT2D eigenvalue weighted by Crippen LogP contribution is 2.47. The van der Waals surface area contributed by atoms with Gasteiger partial charge >= 0.3 is 18.5 Å². The minimum absolute atomic E-state index is 0.00661. The predicted molar refractivity (Wildman–Crippen MR) is 336 cm³/mol. The molecule has 9 atom stereocenters. The molecule has 0 radical (unpaired) electrons. The van der Waals surface area contributed by atoms with Gasteiger partial charge in [0, 0.05) is 103 Å². The Labute approximate surface area is 559 Å². The Morgan fingerprint density at radius 1 is 0.434 bits per heavy atom. The molecule has 27 heteroatoms. The maximum Gasteiger partial charge on any atom is 0.434 e. The number of ether oxygens (including phenoxy) is 1. The molecule has 6 bridgehead atoms. The minimum atomic E-state index is -4.53. The number of amides is 3. The molecule has 6 fully saturated rings. The first-order valence-corrected chi connectivity index (χ1v) is 32.2. The lowest BCUT2D eigenvalue weighted by Gasteiger charge is -2.26. The second kappa shape index (κ2) is 27.6. The van der Waals surface area contributed by atoms with Gasteiger partial charge in [-0.25, -0.2) is 33.7 Å². The molecule has 16 nitrogen and oxygen atoms in total. The SMILES string of the molecule is Cc1cccc(C(=O)N2C3CCC2C(Cc2cnc(C(F)(F)F)cn2)C3)c1-c1ccccn1.O=C(c1cccc(F)c1-c1ccccn1)N1C2CCC1C(Cc1cnc(C(F)(F)F)cn1)C2.O=C(c1cccc(F)c1-c1ncccn1)N1C2CCC1C(Oc1ccc(C(F)(F)F)cn1)C2. The quantitative estimate of drug-likeness (QED) is 0.105. The molecule has 0 saturated carbocycles. The molecular formula is C72H61F11N12O4. The number of aromatic nitrogens is 9. The molecule has 6 aliphatic rings. The number of carbonyl (C=O) groups is 3. The molecule has 0 N–H and O–H groups in total. The Morgan fingerprint density at radius 3 is 1.37 bits per heavy atom. The third-order valence-electron chi connectivity index (χ3n) is 19.4. The molecule has 15 rings (SSSR count). The van der Waals surface area contributed by atoms with Crippen LogP contribution in [-0.4, -0.2) is 120 Å². The Kier molecular flexibility index (Phi) is 18.8. The average Bonchev–Trinajstić information content (AvgIpc) is 1.64. The molecule has 12 heterocycles. The van der Waals surface area contributed by atoms with Crippen LogP contribution in [-0.2, 0) is 31.4 Å². The first-order chi connectivity index (χ1) is 47.5. The summed E-state index contributed by atoms with van der Waals surface area (Å²) in [6.45, 7) is 1.98. The standard InChI is InChI=1S/C25H23F3N4O.C24H20F4N4O.C23H18F4N4O2/c1-15-5-4-6-19(23(15)20-7-2-3-10-29-20)24(33)32-18-8-9-21(32)16(12-18)11-17-13-31-22(14-30-17)25(26,27)28;25-18-5-3-4-17(22(18)19-6-1-2-9-29-19)23(33)32-16-7-8-20(32)14(11-16)10-15-12-31-21(13-30-15)24(26,27)28;24-16-4-1-3-15(20(16)21-28-9-2-10-29-21)22(32)31-14-6-7-17(31)18(11-14)33-19-8-5-13(12-30-19)23(25,26)27/h2-7,10,13-14,16,18,21H,8-9,11-12H2,1H3;1-6,9,12-14,16,20H,7-8,10-11H2;1-5,8-10,12,14,17-18H,6-7,11H2. The van der Waals surface area contributed by atoms with Crippen LogP contribution in [0.2, 0.25) is 0 Å². The molecule has 3 aromatic carbocycles. The van der Waals surface area contributed by atoms with E-state index in [4.69, 9.17) is 4.74 Å². The highest BCUT2D eigenvalue weighted by Gasteiger charge is 2.53. The lowest BCUT2D eigenvalue weighted by Crippen LogP contribution is -2.39. The van der Waals surface area contributed by atoms with Crippen molar-refractivity contribution in [3.05, 3.63) is 227 Å². The van der Waals surface area contributed by atoms with Gasteiger partial charge in [-0.2, -0.15) is 39.5 Å². The van der Waals surface area contributed by atoms with Gasteiger partial charge in [0.25, 0.3) is 17.7 Å². The van der Waals surface area contributed by atoms with Crippen LogP contribution in [0.1, 0.15) is 123 Å². The number of benzene rings is 3. The number of alkyl halides is 9. The summed E-state index contributed by atoms with van der Waals surface area (Å²) >= 11 is 0. The fourth-order valence-electron chi connectivity index (χ4n) is 15.1. The zero-order chi connectivity index (χ0) is 69.5. The largest absolute Gasteiger partial charge is 0.472 e. The van der Waals surface area contributed by atoms with E-state index in [1.54, 1.807) is 53.7 Å². The summed E-state index contributed by atoms with van der Waals surface area (Å²) in [6.07, 6.45) is 4.86. The number of aryl methyl sites for hydroxylation is 1. The Hall–Kier alpha value is -10.2. The van der Waals surface area contributed by atoms with Gasteiger partial charge in [-0.05, 0) is 155 Å². The molecule has 510 valence electrons. The smallest absolute Gasteiger partial charge is 0.434 e. The van der Waals surface area contributed by atoms with Crippen LogP contribution in [0, 0.1) is 30.4 Å². The van der Waals surface area contributed by atoms with Crippen molar-refractivity contribution in [2.75, 3.05) is 0 Å². The summed E-state index contributed by atoms with van der Waals surface area (Å²) in [5.41, 5.74) is 2.39. The summed E-state index contributed by atoms with van der Waals surface area (Å²) in [5.74, 6) is -1.31. The van der Waals surface area contributed by atoms with Crippen molar-refractivity contribution < 1.29 is 67.4 Å². The lowest BCUT2D eigenvalue weighted by atomic mass is 9.86. The van der Waals surface area contributed by atoms with Crippen LogP contribution < -0.4 is 4.74 Å². The molecule has 6 saturated heterocycles. The van der Waals surface area contributed by atoms with E-state index in [0.29, 0.717) is 48.3 Å². The third kappa shape index (κ3) is 14.0. The summed E-state index contributed by atoms with van der Waals surface area (Å²) in [7, 11) is 0. The molecule has 9 aromatic rings. The highest BCUT2D eigenvalue weighted by atomic mass is 19.4. The third-order valence-corrected chi connectivity index (χ3v) is 19.4. The molecule has 3 amide bonds. The second-order valence-corrected chi connectivity index (χ2v) is 25.3. The van der Waals surface area contributed by atoms with Gasteiger partial charge in [0.05, 0.1) is 63.5 Å². The van der Waals surface area contributed by atoms with Crippen LogP contribution >= 0.6 is 0 Å². The second-order valence-electron chi connectivity index (χ2n) is 25.3. The fraction of sp³-hybridized carbons (Fsp3) is 0.333. The number of hydrogen-bond donors (Lipinski definition) is 0. The Bertz CT molecular complexity index is 3950. The number of fused-ring (bicyclic) bond motifs is 6. The number of carbonyl (C=O) groups excluding carboxylic acids is 3. The van der Waals surface area contributed by atoms with Gasteiger partial charge in [-0.1, -0.05) is 36.4 Å². The molecule has 9 unspecified atom stereocenters. The molecule has 6 aromatic heterocycles. The van der Waals surface area contributed by atoms with Gasteiger partial charge in [-0.15, -0.1) is 0 Å². The van der Waals surface area contributed by atoms with Crippen LogP contribution in [0.4, 0.5) is 48.3 Å². The van der Waals surface area contributed by atoms with Crippen molar-refractivity contribution in [2.45, 2.75) is 138 Å². The van der Waals surface area contributed by atoms with E-state index in [1.807, 2.05) is 53.1 Å². The maximum absolute atomic E-state index is 14.8. The number of pyridine rings is 3. The van der Waals surface area contributed by atoms with Crippen molar-refractivity contribution in [1.82, 2.24) is 59.6 Å². The van der Waals surface area contributed by atoms with Gasteiger partial charge in [-0.3, -0.25) is 34.3 Å². The zero-order valence-corrected chi connectivity index (χ0v) is 52.7. The van der Waals surface area contributed by atoms with Gasteiger partial charge in [0.1, 0.15) is 17.7 Å². The number of halogens is 11. The van der Waals surface area contributed by atoms with E-state index < -0.39 is 53.2 Å². The van der Waals surface area contributed by atoms with Crippen molar-refractivity contribution >= 4 is 17.7 Å². The first kappa shape index (κ1) is 67.4. The molecule has 6 aliphatic heterocycles. The molecule has 0 spiro atoms. The normalized spacial score (nSPS) is 22.0. The van der Waals surface area contributed by atoms with Crippen LogP contribution in [0.5, 0.6) is 5.88 Å². The molecule has 0 aliphatic carbocycles. The summed E-state index contributed by atoms with van der Waals surface area (Å²) in [4.78, 5) is 82.0. The van der Waals surface area contributed by atoms with E-state index in [9.17, 15) is 62.7 Å². The van der Waals surface area contributed by atoms with Crippen LogP contribution in [0.15, 0.2) is 165 Å². The first-order valence-electron chi connectivity index (χ1n) is 32.2. The monoisotopic (exact) mass is 1370 g/mol. The predicted octanol–water partition coefficient (Wildman–Crippen LogP) is 14.6. The van der Waals surface area contributed by atoms with E-state index in [2.05, 4.69) is 44.9 Å². The minimum Gasteiger partial charge on any atom is -0.472 e.